The summed E-state index contributed by atoms with van der Waals surface area (Å²) in [5.41, 5.74) is 16.1. The van der Waals surface area contributed by atoms with Crippen molar-refractivity contribution in [2.24, 2.45) is 4.99 Å². The average molecular weight is 454 g/mol. The molecule has 1 heteroatoms. The average Bonchev–Trinajstić information content (AvgIpc) is 2.89. The highest BCUT2D eigenvalue weighted by Gasteiger charge is 2.17. The molecule has 2 aliphatic rings. The number of aliphatic imine (C=N–C) groups is 1. The van der Waals surface area contributed by atoms with E-state index in [0.29, 0.717) is 0 Å². The van der Waals surface area contributed by atoms with Gasteiger partial charge in [-0.15, -0.1) is 0 Å². The topological polar surface area (TPSA) is 12.4 Å². The molecule has 0 unspecified atom stereocenters. The van der Waals surface area contributed by atoms with Crippen molar-refractivity contribution in [1.82, 2.24) is 0 Å². The number of hydrogen-bond acceptors (Lipinski definition) is 1. The second-order valence-corrected chi connectivity index (χ2v) is 9.90. The van der Waals surface area contributed by atoms with Crippen molar-refractivity contribution in [3.63, 3.8) is 0 Å². The Kier molecular flexibility index (Phi) is 5.70. The molecule has 0 radical (unpaired) electrons. The largest absolute Gasteiger partial charge is 0.256 e. The normalized spacial score (nSPS) is 14.0. The maximum absolute atomic E-state index is 4.86. The number of benzene rings is 4. The Hall–Kier alpha value is -3.71. The zero-order chi connectivity index (χ0) is 23.8. The maximum atomic E-state index is 4.86. The van der Waals surface area contributed by atoms with Crippen molar-refractivity contribution in [3.8, 4) is 22.3 Å². The quantitative estimate of drug-likeness (QED) is 0.274. The van der Waals surface area contributed by atoms with Gasteiger partial charge in [0.2, 0.25) is 0 Å². The molecule has 0 saturated heterocycles. The van der Waals surface area contributed by atoms with Gasteiger partial charge in [-0.1, -0.05) is 79.2 Å². The first-order valence-corrected chi connectivity index (χ1v) is 12.9. The Bertz CT molecular complexity index is 1480. The smallest absolute Gasteiger partial charge is 0.0633 e. The molecule has 4 aromatic carbocycles. The summed E-state index contributed by atoms with van der Waals surface area (Å²) >= 11 is 0. The number of rotatable bonds is 4. The van der Waals surface area contributed by atoms with E-state index in [2.05, 4.69) is 98.8 Å². The van der Waals surface area contributed by atoms with Crippen molar-refractivity contribution in [1.29, 1.82) is 0 Å². The Morgan fingerprint density at radius 2 is 1.17 bits per heavy atom. The van der Waals surface area contributed by atoms with Crippen molar-refractivity contribution >= 4 is 18.0 Å². The molecule has 6 rings (SSSR count). The minimum absolute atomic E-state index is 1.04. The van der Waals surface area contributed by atoms with Crippen LogP contribution in [0.5, 0.6) is 0 Å². The lowest BCUT2D eigenvalue weighted by Gasteiger charge is -2.21. The Balaban J connectivity index is 1.24. The first kappa shape index (κ1) is 21.8. The predicted molar refractivity (Wildman–Crippen MR) is 150 cm³/mol. The van der Waals surface area contributed by atoms with E-state index < -0.39 is 0 Å². The molecule has 0 heterocycles. The van der Waals surface area contributed by atoms with Crippen LogP contribution < -0.4 is 0 Å². The van der Waals surface area contributed by atoms with Gasteiger partial charge in [-0.2, -0.15) is 0 Å². The van der Waals surface area contributed by atoms with Crippen LogP contribution in [0.2, 0.25) is 0 Å². The molecule has 0 fully saturated rings. The van der Waals surface area contributed by atoms with Crippen LogP contribution in [0.25, 0.3) is 28.3 Å². The molecule has 172 valence electrons. The summed E-state index contributed by atoms with van der Waals surface area (Å²) in [7, 11) is 0. The summed E-state index contributed by atoms with van der Waals surface area (Å²) in [6.45, 7) is 4.35. The van der Waals surface area contributed by atoms with Gasteiger partial charge in [0, 0.05) is 6.21 Å². The zero-order valence-electron chi connectivity index (χ0n) is 20.6. The van der Waals surface area contributed by atoms with Crippen molar-refractivity contribution in [2.75, 3.05) is 0 Å². The molecule has 0 amide bonds. The predicted octanol–water partition coefficient (Wildman–Crippen LogP) is 8.70. The molecule has 0 spiro atoms. The minimum Gasteiger partial charge on any atom is -0.256 e. The molecule has 0 aromatic heterocycles. The highest BCUT2D eigenvalue weighted by Crippen LogP contribution is 2.37. The summed E-state index contributed by atoms with van der Waals surface area (Å²) in [4.78, 5) is 4.86. The summed E-state index contributed by atoms with van der Waals surface area (Å²) in [6, 6.07) is 27.2. The van der Waals surface area contributed by atoms with Crippen molar-refractivity contribution in [2.45, 2.75) is 46.0 Å². The fourth-order valence-corrected chi connectivity index (χ4v) is 5.61. The third-order valence-corrected chi connectivity index (χ3v) is 7.42. The third-order valence-electron chi connectivity index (χ3n) is 7.42. The molecule has 0 atom stereocenters. The van der Waals surface area contributed by atoms with Gasteiger partial charge in [-0.3, -0.25) is 4.99 Å². The lowest BCUT2D eigenvalue weighted by atomic mass is 9.84. The lowest BCUT2D eigenvalue weighted by Crippen LogP contribution is -2.05. The van der Waals surface area contributed by atoms with Gasteiger partial charge >= 0.3 is 0 Å². The fraction of sp³-hybridized carbons (Fsp3) is 0.206. The highest BCUT2D eigenvalue weighted by atomic mass is 14.7. The van der Waals surface area contributed by atoms with Crippen LogP contribution in [0.15, 0.2) is 83.9 Å². The Morgan fingerprint density at radius 3 is 1.86 bits per heavy atom. The van der Waals surface area contributed by atoms with E-state index in [4.69, 9.17) is 4.99 Å². The monoisotopic (exact) mass is 453 g/mol. The number of nitrogens with zero attached hydrogens (tertiary/aromatic N) is 1. The third kappa shape index (κ3) is 4.28. The van der Waals surface area contributed by atoms with Crippen LogP contribution in [0.1, 0.15) is 52.3 Å². The first-order valence-electron chi connectivity index (χ1n) is 12.9. The molecule has 2 aliphatic carbocycles. The minimum atomic E-state index is 1.04. The molecule has 0 saturated carbocycles. The van der Waals surface area contributed by atoms with Crippen LogP contribution >= 0.6 is 0 Å². The van der Waals surface area contributed by atoms with Crippen LogP contribution in [0, 0.1) is 6.92 Å². The van der Waals surface area contributed by atoms with Gasteiger partial charge in [0.05, 0.1) is 5.69 Å². The van der Waals surface area contributed by atoms with Crippen LogP contribution in [-0.4, -0.2) is 6.21 Å². The van der Waals surface area contributed by atoms with E-state index in [9.17, 15) is 0 Å². The second kappa shape index (κ2) is 9.15. The van der Waals surface area contributed by atoms with E-state index >= 15 is 0 Å². The highest BCUT2D eigenvalue weighted by molar-refractivity contribution is 5.86. The number of allylic oxidation sites excluding steroid dienone is 1. The Morgan fingerprint density at radius 1 is 0.629 bits per heavy atom. The van der Waals surface area contributed by atoms with Gasteiger partial charge in [-0.05, 0) is 113 Å². The summed E-state index contributed by atoms with van der Waals surface area (Å²) in [5, 5.41) is 0. The van der Waals surface area contributed by atoms with E-state index in [1.807, 2.05) is 6.21 Å². The standard InChI is InChI=1S/C34H31N/c1-3-4-5-24-7-15-32-27(19-24)10-11-28-20-25(8-16-33(28)32)22-35-30-13-17-34-29(21-30)12-9-26-18-23(2)6-14-31(26)34/h4-8,13-22H,3,9-12H2,1-2H3/b5-4+,35-22?. The fourth-order valence-electron chi connectivity index (χ4n) is 5.61. The maximum Gasteiger partial charge on any atom is 0.0633 e. The van der Waals surface area contributed by atoms with Gasteiger partial charge in [0.1, 0.15) is 0 Å². The SMILES string of the molecule is CC/C=C/c1ccc2c(c1)CCc1cc(C=Nc3ccc4c(c3)CCc3cc(C)ccc3-4)ccc1-2. The lowest BCUT2D eigenvalue weighted by molar-refractivity contribution is 0.939. The summed E-state index contributed by atoms with van der Waals surface area (Å²) < 4.78 is 0. The van der Waals surface area contributed by atoms with E-state index in [-0.39, 0.29) is 0 Å². The Labute approximate surface area is 208 Å². The molecule has 0 bridgehead atoms. The second-order valence-electron chi connectivity index (χ2n) is 9.90. The first-order chi connectivity index (χ1) is 17.2. The summed E-state index contributed by atoms with van der Waals surface area (Å²) in [6.07, 6.45) is 11.9. The number of hydrogen-bond donors (Lipinski definition) is 0. The summed E-state index contributed by atoms with van der Waals surface area (Å²) in [5.74, 6) is 0. The van der Waals surface area contributed by atoms with Crippen LogP contribution in [0.4, 0.5) is 5.69 Å². The van der Waals surface area contributed by atoms with Crippen LogP contribution in [0.3, 0.4) is 0 Å². The number of aryl methyl sites for hydroxylation is 5. The molecule has 1 nitrogen and oxygen atoms in total. The van der Waals surface area contributed by atoms with Gasteiger partial charge in [0.15, 0.2) is 0 Å². The molecule has 0 N–H and O–H groups in total. The van der Waals surface area contributed by atoms with Crippen molar-refractivity contribution in [3.05, 3.63) is 118 Å². The zero-order valence-corrected chi connectivity index (χ0v) is 20.6. The van der Waals surface area contributed by atoms with Gasteiger partial charge in [0.25, 0.3) is 0 Å². The van der Waals surface area contributed by atoms with Crippen LogP contribution in [-0.2, 0) is 25.7 Å². The van der Waals surface area contributed by atoms with Crippen molar-refractivity contribution < 1.29 is 0 Å². The van der Waals surface area contributed by atoms with E-state index in [1.54, 1.807) is 0 Å². The van der Waals surface area contributed by atoms with Gasteiger partial charge in [-0.25, -0.2) is 0 Å². The molecule has 35 heavy (non-hydrogen) atoms. The van der Waals surface area contributed by atoms with Gasteiger partial charge < -0.3 is 0 Å². The molecular weight excluding hydrogens is 422 g/mol. The van der Waals surface area contributed by atoms with E-state index in [0.717, 1.165) is 37.8 Å². The van der Waals surface area contributed by atoms with E-state index in [1.165, 1.54) is 61.2 Å². The number of fused-ring (bicyclic) bond motifs is 6. The molecule has 0 aliphatic heterocycles. The molecular formula is C34H31N. The molecule has 4 aromatic rings.